The van der Waals surface area contributed by atoms with Gasteiger partial charge in [0.2, 0.25) is 5.91 Å². The Hall–Kier alpha value is -1.81. The molecule has 3 rings (SSSR count). The molecule has 4 heteroatoms. The summed E-state index contributed by atoms with van der Waals surface area (Å²) in [5, 5.41) is 1.24. The lowest BCUT2D eigenvalue weighted by atomic mass is 10.0. The first-order valence-electron chi connectivity index (χ1n) is 9.22. The van der Waals surface area contributed by atoms with E-state index in [0.29, 0.717) is 6.54 Å². The first-order chi connectivity index (χ1) is 11.6. The van der Waals surface area contributed by atoms with Crippen molar-refractivity contribution in [3.63, 3.8) is 0 Å². The minimum Gasteiger partial charge on any atom is -0.341 e. The van der Waals surface area contributed by atoms with Gasteiger partial charge in [0.05, 0.1) is 0 Å². The highest BCUT2D eigenvalue weighted by atomic mass is 16.2. The van der Waals surface area contributed by atoms with Gasteiger partial charge in [0.25, 0.3) is 0 Å². The number of nitrogens with zero attached hydrogens (tertiary/aromatic N) is 2. The smallest absolute Gasteiger partial charge is 0.242 e. The van der Waals surface area contributed by atoms with Crippen LogP contribution in [0.4, 0.5) is 0 Å². The summed E-state index contributed by atoms with van der Waals surface area (Å²) in [5.41, 5.74) is 9.84. The Morgan fingerprint density at radius 2 is 1.92 bits per heavy atom. The highest BCUT2D eigenvalue weighted by Crippen LogP contribution is 2.27. The molecule has 0 bridgehead atoms. The van der Waals surface area contributed by atoms with Crippen LogP contribution in [0.2, 0.25) is 0 Å². The van der Waals surface area contributed by atoms with Gasteiger partial charge in [-0.05, 0) is 50.7 Å². The molecule has 4 nitrogen and oxygen atoms in total. The highest BCUT2D eigenvalue weighted by molar-refractivity contribution is 5.87. The standard InChI is InChI=1S/C20H29N3O/c1-3-16(21)13-18-15(2)23(19-10-6-5-9-17(18)19)14-20(24)22-11-7-4-8-12-22/h5-6,9-10,16H,3-4,7-8,11-14,21H2,1-2H3. The van der Waals surface area contributed by atoms with Gasteiger partial charge < -0.3 is 15.2 Å². The topological polar surface area (TPSA) is 51.3 Å². The maximum Gasteiger partial charge on any atom is 0.242 e. The maximum absolute atomic E-state index is 12.7. The molecule has 1 aliphatic heterocycles. The molecule has 1 aromatic heterocycles. The number of nitrogens with two attached hydrogens (primary N) is 1. The van der Waals surface area contributed by atoms with Crippen molar-refractivity contribution in [2.24, 2.45) is 5.73 Å². The van der Waals surface area contributed by atoms with Crippen LogP contribution in [0.1, 0.15) is 43.9 Å². The highest BCUT2D eigenvalue weighted by Gasteiger charge is 2.21. The minimum absolute atomic E-state index is 0.167. The van der Waals surface area contributed by atoms with Gasteiger partial charge in [-0.15, -0.1) is 0 Å². The van der Waals surface area contributed by atoms with E-state index in [1.54, 1.807) is 0 Å². The summed E-state index contributed by atoms with van der Waals surface area (Å²) in [6, 6.07) is 8.56. The number of hydrogen-bond acceptors (Lipinski definition) is 2. The molecule has 0 spiro atoms. The molecule has 0 saturated carbocycles. The fourth-order valence-electron chi connectivity index (χ4n) is 3.75. The molecule has 2 heterocycles. The molecule has 1 aromatic carbocycles. The van der Waals surface area contributed by atoms with E-state index < -0.39 is 0 Å². The van der Waals surface area contributed by atoms with E-state index in [-0.39, 0.29) is 11.9 Å². The minimum atomic E-state index is 0.167. The van der Waals surface area contributed by atoms with E-state index in [1.165, 1.54) is 23.1 Å². The van der Waals surface area contributed by atoms with Crippen LogP contribution >= 0.6 is 0 Å². The molecular formula is C20H29N3O. The van der Waals surface area contributed by atoms with Gasteiger partial charge in [0.1, 0.15) is 6.54 Å². The van der Waals surface area contributed by atoms with Gasteiger partial charge in [-0.2, -0.15) is 0 Å². The van der Waals surface area contributed by atoms with Crippen molar-refractivity contribution in [1.29, 1.82) is 0 Å². The summed E-state index contributed by atoms with van der Waals surface area (Å²) in [5.74, 6) is 0.241. The van der Waals surface area contributed by atoms with Gasteiger partial charge in [-0.25, -0.2) is 0 Å². The van der Waals surface area contributed by atoms with E-state index >= 15 is 0 Å². The van der Waals surface area contributed by atoms with Gasteiger partial charge >= 0.3 is 0 Å². The van der Waals surface area contributed by atoms with Crippen molar-refractivity contribution >= 4 is 16.8 Å². The SMILES string of the molecule is CCC(N)Cc1c(C)n(CC(=O)N2CCCCC2)c2ccccc12. The molecule has 1 saturated heterocycles. The fraction of sp³-hybridized carbons (Fsp3) is 0.550. The van der Waals surface area contributed by atoms with E-state index in [2.05, 4.69) is 36.6 Å². The molecule has 1 fully saturated rings. The van der Waals surface area contributed by atoms with E-state index in [0.717, 1.165) is 44.3 Å². The average Bonchev–Trinajstić information content (AvgIpc) is 2.88. The lowest BCUT2D eigenvalue weighted by Gasteiger charge is -2.27. The Kier molecular flexibility index (Phi) is 5.24. The average molecular weight is 327 g/mol. The van der Waals surface area contributed by atoms with Crippen LogP contribution in [0.3, 0.4) is 0 Å². The van der Waals surface area contributed by atoms with Crippen molar-refractivity contribution in [2.45, 2.75) is 58.5 Å². The van der Waals surface area contributed by atoms with Crippen LogP contribution in [0, 0.1) is 6.92 Å². The number of piperidine rings is 1. The zero-order chi connectivity index (χ0) is 17.1. The van der Waals surface area contributed by atoms with Crippen LogP contribution in [0.5, 0.6) is 0 Å². The number of aromatic nitrogens is 1. The van der Waals surface area contributed by atoms with Crippen LogP contribution in [-0.4, -0.2) is 34.5 Å². The predicted molar refractivity (Wildman–Crippen MR) is 99.1 cm³/mol. The van der Waals surface area contributed by atoms with Gasteiger partial charge in [0.15, 0.2) is 0 Å². The summed E-state index contributed by atoms with van der Waals surface area (Å²) in [7, 11) is 0. The zero-order valence-electron chi connectivity index (χ0n) is 14.9. The summed E-state index contributed by atoms with van der Waals surface area (Å²) in [6.45, 7) is 6.50. The monoisotopic (exact) mass is 327 g/mol. The van der Waals surface area contributed by atoms with Crippen LogP contribution in [0.15, 0.2) is 24.3 Å². The van der Waals surface area contributed by atoms with Crippen LogP contribution in [0.25, 0.3) is 10.9 Å². The molecule has 0 aliphatic carbocycles. The Labute approximate surface area is 144 Å². The van der Waals surface area contributed by atoms with Crippen molar-refractivity contribution in [1.82, 2.24) is 9.47 Å². The molecular weight excluding hydrogens is 298 g/mol. The van der Waals surface area contributed by atoms with Gasteiger partial charge in [-0.1, -0.05) is 25.1 Å². The third-order valence-corrected chi connectivity index (χ3v) is 5.35. The molecule has 1 atom stereocenters. The number of para-hydroxylation sites is 1. The number of amides is 1. The Morgan fingerprint density at radius 1 is 1.21 bits per heavy atom. The van der Waals surface area contributed by atoms with Crippen LogP contribution in [-0.2, 0) is 17.8 Å². The second-order valence-electron chi connectivity index (χ2n) is 6.98. The van der Waals surface area contributed by atoms with Crippen molar-refractivity contribution in [3.05, 3.63) is 35.5 Å². The molecule has 1 aliphatic rings. The number of benzene rings is 1. The van der Waals surface area contributed by atoms with Crippen molar-refractivity contribution in [3.8, 4) is 0 Å². The molecule has 2 aromatic rings. The third kappa shape index (κ3) is 3.34. The molecule has 0 radical (unpaired) electrons. The molecule has 24 heavy (non-hydrogen) atoms. The third-order valence-electron chi connectivity index (χ3n) is 5.35. The first kappa shape index (κ1) is 17.0. The van der Waals surface area contributed by atoms with Gasteiger partial charge in [0, 0.05) is 35.7 Å². The molecule has 1 amide bonds. The number of hydrogen-bond donors (Lipinski definition) is 1. The maximum atomic E-state index is 12.7. The normalized spacial score (nSPS) is 16.5. The summed E-state index contributed by atoms with van der Waals surface area (Å²) < 4.78 is 2.18. The number of carbonyl (C=O) groups excluding carboxylic acids is 1. The van der Waals surface area contributed by atoms with Crippen LogP contribution < -0.4 is 5.73 Å². The Bertz CT molecular complexity index is 713. The Balaban J connectivity index is 1.92. The number of fused-ring (bicyclic) bond motifs is 1. The van der Waals surface area contributed by atoms with E-state index in [1.807, 2.05) is 11.0 Å². The summed E-state index contributed by atoms with van der Waals surface area (Å²) in [4.78, 5) is 14.8. The number of likely N-dealkylation sites (tertiary alicyclic amines) is 1. The van der Waals surface area contributed by atoms with Crippen molar-refractivity contribution < 1.29 is 4.79 Å². The predicted octanol–water partition coefficient (Wildman–Crippen LogP) is 3.24. The van der Waals surface area contributed by atoms with E-state index in [4.69, 9.17) is 5.73 Å². The largest absolute Gasteiger partial charge is 0.341 e. The molecule has 1 unspecified atom stereocenters. The second kappa shape index (κ2) is 7.39. The van der Waals surface area contributed by atoms with Crippen molar-refractivity contribution in [2.75, 3.05) is 13.1 Å². The first-order valence-corrected chi connectivity index (χ1v) is 9.22. The number of carbonyl (C=O) groups is 1. The quantitative estimate of drug-likeness (QED) is 0.916. The lowest BCUT2D eigenvalue weighted by Crippen LogP contribution is -2.37. The van der Waals surface area contributed by atoms with Gasteiger partial charge in [-0.3, -0.25) is 4.79 Å². The summed E-state index contributed by atoms with van der Waals surface area (Å²) >= 11 is 0. The number of rotatable bonds is 5. The summed E-state index contributed by atoms with van der Waals surface area (Å²) in [6.07, 6.45) is 5.34. The second-order valence-corrected chi connectivity index (χ2v) is 6.98. The molecule has 130 valence electrons. The Morgan fingerprint density at radius 3 is 2.62 bits per heavy atom. The lowest BCUT2D eigenvalue weighted by molar-refractivity contribution is -0.132. The zero-order valence-corrected chi connectivity index (χ0v) is 14.9. The molecule has 2 N–H and O–H groups in total. The fourth-order valence-corrected chi connectivity index (χ4v) is 3.75. The van der Waals surface area contributed by atoms with E-state index in [9.17, 15) is 4.79 Å².